The minimum atomic E-state index is -1.40. The number of nitrogens with two attached hydrogens (primary N) is 1. The molecule has 1 aromatic rings. The van der Waals surface area contributed by atoms with Crippen molar-refractivity contribution in [2.24, 2.45) is 0 Å². The lowest BCUT2D eigenvalue weighted by Gasteiger charge is -2.01. The number of halogens is 1. The Kier molecular flexibility index (Phi) is 1.86. The third-order valence-corrected chi connectivity index (χ3v) is 1.38. The summed E-state index contributed by atoms with van der Waals surface area (Å²) in [5, 5.41) is 17.3. The number of anilines is 1. The van der Waals surface area contributed by atoms with Gasteiger partial charge in [-0.2, -0.15) is 0 Å². The van der Waals surface area contributed by atoms with Gasteiger partial charge >= 0.3 is 5.97 Å². The van der Waals surface area contributed by atoms with E-state index in [1.54, 1.807) is 0 Å². The van der Waals surface area contributed by atoms with Crippen LogP contribution in [0.1, 0.15) is 10.4 Å². The first-order valence-corrected chi connectivity index (χ1v) is 3.04. The molecule has 0 saturated carbocycles. The first kappa shape index (κ1) is 8.32. The van der Waals surface area contributed by atoms with Gasteiger partial charge in [0.15, 0.2) is 11.6 Å². The lowest BCUT2D eigenvalue weighted by molar-refractivity contribution is 0.0693. The molecule has 5 heteroatoms. The van der Waals surface area contributed by atoms with Crippen LogP contribution >= 0.6 is 0 Å². The molecule has 0 aliphatic heterocycles. The van der Waals surface area contributed by atoms with E-state index in [4.69, 9.17) is 15.9 Å². The number of benzene rings is 1. The van der Waals surface area contributed by atoms with E-state index in [0.29, 0.717) is 0 Å². The number of aromatic carboxylic acids is 1. The number of phenols is 1. The summed E-state index contributed by atoms with van der Waals surface area (Å²) in [5.74, 6) is -3.43. The molecule has 0 fully saturated rings. The SMILES string of the molecule is Nc1ccc(C(=O)O)c(O)c1F. The van der Waals surface area contributed by atoms with Crippen LogP contribution in [-0.4, -0.2) is 16.2 Å². The lowest BCUT2D eigenvalue weighted by atomic mass is 10.2. The molecular weight excluding hydrogens is 165 g/mol. The second kappa shape index (κ2) is 2.69. The molecule has 12 heavy (non-hydrogen) atoms. The Bertz CT molecular complexity index is 338. The van der Waals surface area contributed by atoms with Crippen LogP contribution in [0.4, 0.5) is 10.1 Å². The highest BCUT2D eigenvalue weighted by Gasteiger charge is 2.15. The molecular formula is C7H6FNO3. The van der Waals surface area contributed by atoms with Crippen molar-refractivity contribution in [2.75, 3.05) is 5.73 Å². The largest absolute Gasteiger partial charge is 0.504 e. The maximum Gasteiger partial charge on any atom is 0.339 e. The van der Waals surface area contributed by atoms with E-state index in [-0.39, 0.29) is 5.69 Å². The van der Waals surface area contributed by atoms with Crippen LogP contribution in [0.3, 0.4) is 0 Å². The third-order valence-electron chi connectivity index (χ3n) is 1.38. The van der Waals surface area contributed by atoms with Gasteiger partial charge in [0, 0.05) is 0 Å². The predicted molar refractivity (Wildman–Crippen MR) is 39.4 cm³/mol. The van der Waals surface area contributed by atoms with Gasteiger partial charge in [-0.25, -0.2) is 9.18 Å². The maximum absolute atomic E-state index is 12.7. The number of hydrogen-bond acceptors (Lipinski definition) is 3. The molecule has 0 saturated heterocycles. The number of carbonyl (C=O) groups is 1. The van der Waals surface area contributed by atoms with Gasteiger partial charge < -0.3 is 15.9 Å². The zero-order valence-electron chi connectivity index (χ0n) is 5.91. The summed E-state index contributed by atoms with van der Waals surface area (Å²) in [6, 6.07) is 2.12. The normalized spacial score (nSPS) is 9.75. The third kappa shape index (κ3) is 1.16. The van der Waals surface area contributed by atoms with Crippen molar-refractivity contribution in [3.05, 3.63) is 23.5 Å². The van der Waals surface area contributed by atoms with Crippen molar-refractivity contribution in [3.8, 4) is 5.75 Å². The summed E-state index contributed by atoms with van der Waals surface area (Å²) in [4.78, 5) is 10.3. The van der Waals surface area contributed by atoms with E-state index in [9.17, 15) is 9.18 Å². The van der Waals surface area contributed by atoms with Crippen LogP contribution in [-0.2, 0) is 0 Å². The molecule has 0 aliphatic rings. The highest BCUT2D eigenvalue weighted by molar-refractivity contribution is 5.91. The van der Waals surface area contributed by atoms with Crippen molar-refractivity contribution in [2.45, 2.75) is 0 Å². The van der Waals surface area contributed by atoms with Crippen LogP contribution in [0.5, 0.6) is 5.75 Å². The number of aromatic hydroxyl groups is 1. The fraction of sp³-hybridized carbons (Fsp3) is 0. The molecule has 0 unspecified atom stereocenters. The van der Waals surface area contributed by atoms with Crippen LogP contribution in [0, 0.1) is 5.82 Å². The maximum atomic E-state index is 12.7. The van der Waals surface area contributed by atoms with Gasteiger partial charge in [0.2, 0.25) is 0 Å². The van der Waals surface area contributed by atoms with Crippen molar-refractivity contribution in [1.82, 2.24) is 0 Å². The Balaban J connectivity index is 3.36. The van der Waals surface area contributed by atoms with Gasteiger partial charge in [-0.1, -0.05) is 0 Å². The Morgan fingerprint density at radius 2 is 2.08 bits per heavy atom. The number of carboxylic acids is 1. The fourth-order valence-corrected chi connectivity index (χ4v) is 0.753. The molecule has 64 valence electrons. The monoisotopic (exact) mass is 171 g/mol. The highest BCUT2D eigenvalue weighted by Crippen LogP contribution is 2.25. The summed E-state index contributed by atoms with van der Waals surface area (Å²) < 4.78 is 12.7. The average Bonchev–Trinajstić information content (AvgIpc) is 2.00. The van der Waals surface area contributed by atoms with Crippen LogP contribution in [0.2, 0.25) is 0 Å². The second-order valence-electron chi connectivity index (χ2n) is 2.17. The molecule has 0 bridgehead atoms. The molecule has 0 aromatic heterocycles. The number of nitrogen functional groups attached to an aromatic ring is 1. The summed E-state index contributed by atoms with van der Waals surface area (Å²) in [6.45, 7) is 0. The van der Waals surface area contributed by atoms with Gasteiger partial charge in [-0.05, 0) is 12.1 Å². The summed E-state index contributed by atoms with van der Waals surface area (Å²) >= 11 is 0. The minimum Gasteiger partial charge on any atom is -0.504 e. The van der Waals surface area contributed by atoms with E-state index in [2.05, 4.69) is 0 Å². The summed E-state index contributed by atoms with van der Waals surface area (Å²) in [5.41, 5.74) is 4.28. The van der Waals surface area contributed by atoms with E-state index in [1.165, 1.54) is 0 Å². The van der Waals surface area contributed by atoms with Gasteiger partial charge in [-0.15, -0.1) is 0 Å². The fourth-order valence-electron chi connectivity index (χ4n) is 0.753. The second-order valence-corrected chi connectivity index (χ2v) is 2.17. The van der Waals surface area contributed by atoms with E-state index in [1.807, 2.05) is 0 Å². The van der Waals surface area contributed by atoms with Gasteiger partial charge in [0.1, 0.15) is 5.56 Å². The Labute approximate surface area is 67.1 Å². The molecule has 1 rings (SSSR count). The predicted octanol–water partition coefficient (Wildman–Crippen LogP) is 0.812. The smallest absolute Gasteiger partial charge is 0.339 e. The van der Waals surface area contributed by atoms with E-state index in [0.717, 1.165) is 12.1 Å². The topological polar surface area (TPSA) is 83.6 Å². The van der Waals surface area contributed by atoms with Crippen molar-refractivity contribution in [1.29, 1.82) is 0 Å². The first-order chi connectivity index (χ1) is 5.54. The average molecular weight is 171 g/mol. The number of hydrogen-bond donors (Lipinski definition) is 3. The highest BCUT2D eigenvalue weighted by atomic mass is 19.1. The molecule has 0 radical (unpaired) electrons. The zero-order valence-corrected chi connectivity index (χ0v) is 5.91. The van der Waals surface area contributed by atoms with Crippen molar-refractivity contribution < 1.29 is 19.4 Å². The summed E-state index contributed by atoms with van der Waals surface area (Å²) in [7, 11) is 0. The van der Waals surface area contributed by atoms with Crippen LogP contribution in [0.25, 0.3) is 0 Å². The molecule has 4 nitrogen and oxygen atoms in total. The molecule has 0 spiro atoms. The lowest BCUT2D eigenvalue weighted by Crippen LogP contribution is -2.00. The molecule has 0 atom stereocenters. The van der Waals surface area contributed by atoms with Gasteiger partial charge in [-0.3, -0.25) is 0 Å². The molecule has 0 amide bonds. The molecule has 0 aliphatic carbocycles. The molecule has 4 N–H and O–H groups in total. The van der Waals surface area contributed by atoms with Gasteiger partial charge in [0.25, 0.3) is 0 Å². The zero-order chi connectivity index (χ0) is 9.30. The Morgan fingerprint density at radius 1 is 1.50 bits per heavy atom. The van der Waals surface area contributed by atoms with Crippen LogP contribution < -0.4 is 5.73 Å². The Hall–Kier alpha value is -1.78. The van der Waals surface area contributed by atoms with Crippen molar-refractivity contribution in [3.63, 3.8) is 0 Å². The van der Waals surface area contributed by atoms with Crippen molar-refractivity contribution >= 4 is 11.7 Å². The minimum absolute atomic E-state index is 0.280. The Morgan fingerprint density at radius 3 is 2.58 bits per heavy atom. The van der Waals surface area contributed by atoms with Crippen LogP contribution in [0.15, 0.2) is 12.1 Å². The van der Waals surface area contributed by atoms with E-state index >= 15 is 0 Å². The molecule has 0 heterocycles. The molecule has 1 aromatic carbocycles. The summed E-state index contributed by atoms with van der Waals surface area (Å²) in [6.07, 6.45) is 0. The first-order valence-electron chi connectivity index (χ1n) is 3.04. The van der Waals surface area contributed by atoms with E-state index < -0.39 is 23.1 Å². The van der Waals surface area contributed by atoms with Gasteiger partial charge in [0.05, 0.1) is 5.69 Å². The number of rotatable bonds is 1. The quantitative estimate of drug-likeness (QED) is 0.546. The number of carboxylic acid groups (broad SMARTS) is 1. The standard InChI is InChI=1S/C7H6FNO3/c8-5-4(9)2-1-3(6(5)10)7(11)12/h1-2,10H,9H2,(H,11,12).